The van der Waals surface area contributed by atoms with E-state index in [2.05, 4.69) is 5.32 Å². The molecular formula is C19H23N3O4S. The summed E-state index contributed by atoms with van der Waals surface area (Å²) < 4.78 is 31.8. The minimum absolute atomic E-state index is 0.0140. The maximum absolute atomic E-state index is 13.1. The van der Waals surface area contributed by atoms with Crippen molar-refractivity contribution in [3.63, 3.8) is 0 Å². The first-order chi connectivity index (χ1) is 12.8. The fourth-order valence-corrected chi connectivity index (χ4v) is 4.82. The van der Waals surface area contributed by atoms with Gasteiger partial charge in [0.2, 0.25) is 14.7 Å². The van der Waals surface area contributed by atoms with Crippen LogP contribution in [0.4, 0.5) is 0 Å². The molecule has 1 unspecified atom stereocenters. The van der Waals surface area contributed by atoms with Gasteiger partial charge < -0.3 is 21.5 Å². The third kappa shape index (κ3) is 3.97. The van der Waals surface area contributed by atoms with Gasteiger partial charge in [-0.1, -0.05) is 18.2 Å². The molecule has 0 bridgehead atoms. The lowest BCUT2D eigenvalue weighted by Gasteiger charge is -2.28. The van der Waals surface area contributed by atoms with E-state index in [9.17, 15) is 13.2 Å². The van der Waals surface area contributed by atoms with Crippen LogP contribution < -0.4 is 21.5 Å². The van der Waals surface area contributed by atoms with Crippen molar-refractivity contribution in [3.8, 4) is 11.5 Å². The second kappa shape index (κ2) is 7.67. The lowest BCUT2D eigenvalue weighted by molar-refractivity contribution is -0.120. The van der Waals surface area contributed by atoms with Gasteiger partial charge in [-0.05, 0) is 68.2 Å². The van der Waals surface area contributed by atoms with Crippen LogP contribution in [0.3, 0.4) is 0 Å². The van der Waals surface area contributed by atoms with Crippen molar-refractivity contribution in [2.24, 2.45) is 17.4 Å². The highest BCUT2D eigenvalue weighted by Crippen LogP contribution is 2.31. The Balaban J connectivity index is 1.84. The molecule has 8 heteroatoms. The van der Waals surface area contributed by atoms with Crippen LogP contribution in [0, 0.1) is 5.92 Å². The highest BCUT2D eigenvalue weighted by molar-refractivity contribution is 7.93. The van der Waals surface area contributed by atoms with Crippen LogP contribution in [0.2, 0.25) is 0 Å². The van der Waals surface area contributed by atoms with Gasteiger partial charge in [0.1, 0.15) is 11.5 Å². The van der Waals surface area contributed by atoms with Gasteiger partial charge in [0.15, 0.2) is 0 Å². The SMILES string of the molecule is NC(=O)[C@@](N)(CC1CCNC1)S(=O)(=O)c1ccc(Oc2ccccc2)cc1. The molecule has 1 aliphatic rings. The number of amides is 1. The molecule has 2 aromatic rings. The predicted molar refractivity (Wildman–Crippen MR) is 102 cm³/mol. The van der Waals surface area contributed by atoms with Gasteiger partial charge in [-0.15, -0.1) is 0 Å². The number of carbonyl (C=O) groups is 1. The number of hydrogen-bond donors (Lipinski definition) is 3. The highest BCUT2D eigenvalue weighted by Gasteiger charge is 2.48. The molecule has 3 rings (SSSR count). The Morgan fingerprint density at radius 1 is 1.11 bits per heavy atom. The molecule has 1 heterocycles. The van der Waals surface area contributed by atoms with Crippen molar-refractivity contribution in [3.05, 3.63) is 54.6 Å². The third-order valence-electron chi connectivity index (χ3n) is 4.76. The summed E-state index contributed by atoms with van der Waals surface area (Å²) >= 11 is 0. The number of nitrogens with two attached hydrogens (primary N) is 2. The zero-order valence-electron chi connectivity index (χ0n) is 14.8. The van der Waals surface area contributed by atoms with E-state index in [0.29, 0.717) is 18.0 Å². The Morgan fingerprint density at radius 2 is 1.74 bits per heavy atom. The van der Waals surface area contributed by atoms with Gasteiger partial charge in [0.05, 0.1) is 4.90 Å². The molecule has 7 nitrogen and oxygen atoms in total. The fraction of sp³-hybridized carbons (Fsp3) is 0.316. The predicted octanol–water partition coefficient (Wildman–Crippen LogP) is 1.39. The molecule has 1 aliphatic heterocycles. The average molecular weight is 389 g/mol. The zero-order valence-corrected chi connectivity index (χ0v) is 15.6. The Kier molecular flexibility index (Phi) is 5.50. The van der Waals surface area contributed by atoms with Gasteiger partial charge >= 0.3 is 0 Å². The molecule has 1 saturated heterocycles. The third-order valence-corrected chi connectivity index (χ3v) is 6.98. The maximum Gasteiger partial charge on any atom is 0.253 e. The van der Waals surface area contributed by atoms with Crippen LogP contribution >= 0.6 is 0 Å². The minimum atomic E-state index is -4.16. The smallest absolute Gasteiger partial charge is 0.253 e. The van der Waals surface area contributed by atoms with Crippen LogP contribution in [0.25, 0.3) is 0 Å². The van der Waals surface area contributed by atoms with E-state index >= 15 is 0 Å². The molecule has 0 saturated carbocycles. The summed E-state index contributed by atoms with van der Waals surface area (Å²) in [5.74, 6) is 0.0472. The Labute approximate surface area is 158 Å². The lowest BCUT2D eigenvalue weighted by Crippen LogP contribution is -2.58. The maximum atomic E-state index is 13.1. The van der Waals surface area contributed by atoms with Gasteiger partial charge in [-0.2, -0.15) is 0 Å². The van der Waals surface area contributed by atoms with E-state index in [1.165, 1.54) is 24.3 Å². The van der Waals surface area contributed by atoms with Crippen LogP contribution in [0.5, 0.6) is 11.5 Å². The van der Waals surface area contributed by atoms with Gasteiger partial charge in [0, 0.05) is 0 Å². The first kappa shape index (κ1) is 19.3. The molecule has 0 aromatic heterocycles. The topological polar surface area (TPSA) is 125 Å². The molecule has 0 radical (unpaired) electrons. The molecule has 0 aliphatic carbocycles. The second-order valence-corrected chi connectivity index (χ2v) is 8.91. The van der Waals surface area contributed by atoms with E-state index in [1.807, 2.05) is 18.2 Å². The Bertz CT molecular complexity index is 894. The zero-order chi connectivity index (χ0) is 19.5. The summed E-state index contributed by atoms with van der Waals surface area (Å²) in [6.07, 6.45) is 0.742. The second-order valence-electron chi connectivity index (χ2n) is 6.71. The highest BCUT2D eigenvalue weighted by atomic mass is 32.2. The number of ether oxygens (including phenoxy) is 1. The molecule has 0 spiro atoms. The first-order valence-corrected chi connectivity index (χ1v) is 10.2. The van der Waals surface area contributed by atoms with E-state index in [0.717, 1.165) is 13.0 Å². The van der Waals surface area contributed by atoms with E-state index < -0.39 is 20.6 Å². The number of nitrogens with one attached hydrogen (secondary N) is 1. The standard InChI is InChI=1S/C19H23N3O4S/c20-18(23)19(21,12-14-10-11-22-13-14)27(24,25)17-8-6-16(7-9-17)26-15-4-2-1-3-5-15/h1-9,14,22H,10-13,21H2,(H2,20,23)/t14?,19-/m1/s1. The summed E-state index contributed by atoms with van der Waals surface area (Å²) in [5, 5.41) is 3.14. The van der Waals surface area contributed by atoms with E-state index in [1.54, 1.807) is 12.1 Å². The lowest BCUT2D eigenvalue weighted by atomic mass is 9.99. The molecule has 2 aromatic carbocycles. The molecule has 1 fully saturated rings. The number of sulfone groups is 1. The fourth-order valence-electron chi connectivity index (χ4n) is 3.18. The number of hydrogen-bond acceptors (Lipinski definition) is 6. The summed E-state index contributed by atoms with van der Waals surface area (Å²) in [7, 11) is -4.16. The Hall–Kier alpha value is -2.42. The number of rotatable bonds is 7. The number of benzene rings is 2. The number of carbonyl (C=O) groups excluding carboxylic acids is 1. The first-order valence-electron chi connectivity index (χ1n) is 8.70. The molecule has 27 heavy (non-hydrogen) atoms. The normalized spacial score (nSPS) is 19.4. The summed E-state index contributed by atoms with van der Waals surface area (Å²) in [4.78, 5) is 9.80. The molecule has 1 amide bonds. The summed E-state index contributed by atoms with van der Waals surface area (Å²) in [5.41, 5.74) is 11.5. The van der Waals surface area contributed by atoms with Crippen molar-refractivity contribution in [2.45, 2.75) is 22.6 Å². The minimum Gasteiger partial charge on any atom is -0.457 e. The van der Waals surface area contributed by atoms with E-state index in [4.69, 9.17) is 16.2 Å². The average Bonchev–Trinajstić information content (AvgIpc) is 3.15. The van der Waals surface area contributed by atoms with Crippen molar-refractivity contribution in [1.29, 1.82) is 0 Å². The monoisotopic (exact) mass is 389 g/mol. The van der Waals surface area contributed by atoms with Crippen molar-refractivity contribution >= 4 is 15.7 Å². The van der Waals surface area contributed by atoms with E-state index in [-0.39, 0.29) is 17.2 Å². The molecule has 2 atom stereocenters. The molecule has 5 N–H and O–H groups in total. The Morgan fingerprint density at radius 3 is 2.30 bits per heavy atom. The van der Waals surface area contributed by atoms with Gasteiger partial charge in [-0.25, -0.2) is 8.42 Å². The van der Waals surface area contributed by atoms with Crippen LogP contribution in [-0.2, 0) is 14.6 Å². The van der Waals surface area contributed by atoms with Gasteiger partial charge in [0.25, 0.3) is 5.91 Å². The van der Waals surface area contributed by atoms with Gasteiger partial charge in [-0.3, -0.25) is 4.79 Å². The van der Waals surface area contributed by atoms with Crippen molar-refractivity contribution < 1.29 is 17.9 Å². The van der Waals surface area contributed by atoms with Crippen LogP contribution in [0.15, 0.2) is 59.5 Å². The van der Waals surface area contributed by atoms with Crippen molar-refractivity contribution in [2.75, 3.05) is 13.1 Å². The molecular weight excluding hydrogens is 366 g/mol. The largest absolute Gasteiger partial charge is 0.457 e. The molecule has 144 valence electrons. The number of primary amides is 1. The number of para-hydroxylation sites is 1. The van der Waals surface area contributed by atoms with Crippen LogP contribution in [-0.4, -0.2) is 32.3 Å². The quantitative estimate of drug-likeness (QED) is 0.657. The summed E-state index contributed by atoms with van der Waals surface area (Å²) in [6, 6.07) is 14.9. The van der Waals surface area contributed by atoms with Crippen LogP contribution in [0.1, 0.15) is 12.8 Å². The summed E-state index contributed by atoms with van der Waals surface area (Å²) in [6.45, 7) is 1.39. The van der Waals surface area contributed by atoms with Crippen molar-refractivity contribution in [1.82, 2.24) is 5.32 Å².